The predicted octanol–water partition coefficient (Wildman–Crippen LogP) is 3.31. The van der Waals surface area contributed by atoms with E-state index >= 15 is 0 Å². The number of benzene rings is 1. The van der Waals surface area contributed by atoms with Crippen LogP contribution in [0.15, 0.2) is 24.3 Å². The van der Waals surface area contributed by atoms with Crippen LogP contribution in [0.2, 0.25) is 0 Å². The maximum absolute atomic E-state index is 10.8. The predicted molar refractivity (Wildman–Crippen MR) is 75.7 cm³/mol. The first-order valence-corrected chi connectivity index (χ1v) is 6.39. The number of nitrogens with two attached hydrogens (primary N) is 1. The minimum absolute atomic E-state index is 0.280. The first-order chi connectivity index (χ1) is 8.65. The van der Waals surface area contributed by atoms with Gasteiger partial charge in [-0.3, -0.25) is 0 Å². The lowest BCUT2D eigenvalue weighted by Gasteiger charge is -2.09. The number of amides is 1. The average Bonchev–Trinajstić information content (AvgIpc) is 2.34. The number of carbonyl (C=O) groups excluding carboxylic acids is 1. The van der Waals surface area contributed by atoms with Crippen LogP contribution in [0.4, 0.5) is 4.79 Å². The zero-order valence-corrected chi connectivity index (χ0v) is 11.2. The molecular formula is C14H17NO2S. The smallest absolute Gasteiger partial charge is 0.409 e. The Morgan fingerprint density at radius 3 is 2.89 bits per heavy atom. The van der Waals surface area contributed by atoms with E-state index in [-0.39, 0.29) is 5.25 Å². The van der Waals surface area contributed by atoms with Crippen molar-refractivity contribution in [3.8, 4) is 17.6 Å². The lowest BCUT2D eigenvalue weighted by Crippen LogP contribution is -2.17. The summed E-state index contributed by atoms with van der Waals surface area (Å²) in [6, 6.07) is 7.12. The lowest BCUT2D eigenvalue weighted by atomic mass is 10.1. The minimum Gasteiger partial charge on any atom is -0.410 e. The third-order valence-electron chi connectivity index (χ3n) is 2.32. The number of carbonyl (C=O) groups is 1. The highest BCUT2D eigenvalue weighted by molar-refractivity contribution is 7.80. The zero-order chi connectivity index (χ0) is 13.4. The quantitative estimate of drug-likeness (QED) is 0.497. The van der Waals surface area contributed by atoms with Crippen molar-refractivity contribution in [1.82, 2.24) is 0 Å². The minimum atomic E-state index is -0.832. The van der Waals surface area contributed by atoms with Gasteiger partial charge in [0.15, 0.2) is 0 Å². The first kappa shape index (κ1) is 14.5. The van der Waals surface area contributed by atoms with Crippen molar-refractivity contribution in [3.63, 3.8) is 0 Å². The van der Waals surface area contributed by atoms with Gasteiger partial charge in [0, 0.05) is 12.0 Å². The Balaban J connectivity index is 2.80. The van der Waals surface area contributed by atoms with E-state index in [0.717, 1.165) is 24.8 Å². The monoisotopic (exact) mass is 263 g/mol. The number of ether oxygens (including phenoxy) is 1. The standard InChI is InChI=1S/C14H17NO2S/c1-2-3-4-5-10-13(18)11-8-6-7-9-12(11)17-14(15)16/h6-9,13,18H,2-4H2,1H3,(H2,15,16). The number of para-hydroxylation sites is 1. The van der Waals surface area contributed by atoms with Gasteiger partial charge in [-0.05, 0) is 12.5 Å². The molecule has 96 valence electrons. The Hall–Kier alpha value is -1.60. The molecule has 18 heavy (non-hydrogen) atoms. The Kier molecular flexibility index (Phi) is 6.16. The molecule has 0 aromatic heterocycles. The van der Waals surface area contributed by atoms with Crippen LogP contribution in [0.3, 0.4) is 0 Å². The number of unbranched alkanes of at least 4 members (excludes halogenated alkanes) is 2. The molecule has 0 aliphatic carbocycles. The van der Waals surface area contributed by atoms with Crippen LogP contribution in [0.5, 0.6) is 5.75 Å². The maximum atomic E-state index is 10.8. The molecule has 1 aromatic carbocycles. The largest absolute Gasteiger partial charge is 0.410 e. The van der Waals surface area contributed by atoms with Crippen molar-refractivity contribution >= 4 is 18.7 Å². The van der Waals surface area contributed by atoms with E-state index in [9.17, 15) is 4.79 Å². The topological polar surface area (TPSA) is 52.3 Å². The van der Waals surface area contributed by atoms with Gasteiger partial charge in [0.2, 0.25) is 0 Å². The van der Waals surface area contributed by atoms with E-state index in [2.05, 4.69) is 31.4 Å². The molecule has 1 atom stereocenters. The fourth-order valence-electron chi connectivity index (χ4n) is 1.42. The highest BCUT2D eigenvalue weighted by Crippen LogP contribution is 2.28. The fourth-order valence-corrected chi connectivity index (χ4v) is 1.72. The van der Waals surface area contributed by atoms with Gasteiger partial charge in [0.05, 0.1) is 5.25 Å². The molecule has 1 amide bonds. The molecular weight excluding hydrogens is 246 g/mol. The summed E-state index contributed by atoms with van der Waals surface area (Å²) < 4.78 is 4.92. The second-order valence-electron chi connectivity index (χ2n) is 3.79. The van der Waals surface area contributed by atoms with E-state index in [4.69, 9.17) is 10.5 Å². The van der Waals surface area contributed by atoms with Crippen LogP contribution in [0.1, 0.15) is 37.0 Å². The molecule has 0 heterocycles. The molecule has 3 nitrogen and oxygen atoms in total. The van der Waals surface area contributed by atoms with E-state index in [0.29, 0.717) is 5.75 Å². The van der Waals surface area contributed by atoms with Crippen molar-refractivity contribution < 1.29 is 9.53 Å². The molecule has 0 aliphatic heterocycles. The van der Waals surface area contributed by atoms with Crippen molar-refractivity contribution in [3.05, 3.63) is 29.8 Å². The molecule has 4 heteroatoms. The Morgan fingerprint density at radius 1 is 1.50 bits per heavy atom. The summed E-state index contributed by atoms with van der Waals surface area (Å²) >= 11 is 4.41. The molecule has 0 radical (unpaired) electrons. The van der Waals surface area contributed by atoms with Crippen LogP contribution in [-0.2, 0) is 0 Å². The molecule has 0 saturated carbocycles. The molecule has 0 fully saturated rings. The van der Waals surface area contributed by atoms with Gasteiger partial charge in [0.1, 0.15) is 5.75 Å². The SMILES string of the molecule is CCCCC#CC(S)c1ccccc1OC(N)=O. The summed E-state index contributed by atoms with van der Waals surface area (Å²) in [5.41, 5.74) is 5.76. The van der Waals surface area contributed by atoms with E-state index < -0.39 is 6.09 Å². The van der Waals surface area contributed by atoms with Gasteiger partial charge < -0.3 is 10.5 Å². The fraction of sp³-hybridized carbons (Fsp3) is 0.357. The molecule has 1 aromatic rings. The molecule has 2 N–H and O–H groups in total. The average molecular weight is 263 g/mol. The number of primary amides is 1. The highest BCUT2D eigenvalue weighted by Gasteiger charge is 2.11. The molecule has 0 spiro atoms. The van der Waals surface area contributed by atoms with E-state index in [1.165, 1.54) is 0 Å². The molecule has 1 unspecified atom stereocenters. The van der Waals surface area contributed by atoms with Crippen LogP contribution >= 0.6 is 12.6 Å². The van der Waals surface area contributed by atoms with Gasteiger partial charge in [-0.15, -0.1) is 5.92 Å². The van der Waals surface area contributed by atoms with Gasteiger partial charge >= 0.3 is 6.09 Å². The highest BCUT2D eigenvalue weighted by atomic mass is 32.1. The third-order valence-corrected chi connectivity index (χ3v) is 2.73. The van der Waals surface area contributed by atoms with Gasteiger partial charge in [-0.25, -0.2) is 4.79 Å². The summed E-state index contributed by atoms with van der Waals surface area (Å²) in [6.07, 6.45) is 2.22. The summed E-state index contributed by atoms with van der Waals surface area (Å²) in [5, 5.41) is -0.280. The summed E-state index contributed by atoms with van der Waals surface area (Å²) in [7, 11) is 0. The van der Waals surface area contributed by atoms with E-state index in [1.807, 2.05) is 12.1 Å². The van der Waals surface area contributed by atoms with Crippen LogP contribution in [0.25, 0.3) is 0 Å². The Labute approximate surface area is 113 Å². The van der Waals surface area contributed by atoms with Gasteiger partial charge in [0.25, 0.3) is 0 Å². The normalized spacial score (nSPS) is 11.2. The van der Waals surface area contributed by atoms with Crippen LogP contribution in [0, 0.1) is 11.8 Å². The summed E-state index contributed by atoms with van der Waals surface area (Å²) in [4.78, 5) is 10.8. The number of rotatable bonds is 4. The maximum Gasteiger partial charge on any atom is 0.409 e. The lowest BCUT2D eigenvalue weighted by molar-refractivity contribution is 0.210. The third kappa shape index (κ3) is 4.72. The Morgan fingerprint density at radius 2 is 2.22 bits per heavy atom. The summed E-state index contributed by atoms with van der Waals surface area (Å²) in [5.74, 6) is 6.51. The van der Waals surface area contributed by atoms with Crippen LogP contribution in [-0.4, -0.2) is 6.09 Å². The van der Waals surface area contributed by atoms with Crippen molar-refractivity contribution in [1.29, 1.82) is 0 Å². The van der Waals surface area contributed by atoms with Crippen molar-refractivity contribution in [2.45, 2.75) is 31.4 Å². The Bertz CT molecular complexity index is 462. The molecule has 0 saturated heterocycles. The molecule has 0 aliphatic rings. The van der Waals surface area contributed by atoms with Gasteiger partial charge in [-0.2, -0.15) is 12.6 Å². The van der Waals surface area contributed by atoms with E-state index in [1.54, 1.807) is 12.1 Å². The van der Waals surface area contributed by atoms with Crippen molar-refractivity contribution in [2.75, 3.05) is 0 Å². The zero-order valence-electron chi connectivity index (χ0n) is 10.3. The second kappa shape index (κ2) is 7.67. The number of thiol groups is 1. The number of hydrogen-bond acceptors (Lipinski definition) is 3. The first-order valence-electron chi connectivity index (χ1n) is 5.87. The van der Waals surface area contributed by atoms with Crippen LogP contribution < -0.4 is 10.5 Å². The second-order valence-corrected chi connectivity index (χ2v) is 4.30. The van der Waals surface area contributed by atoms with Crippen molar-refractivity contribution in [2.24, 2.45) is 5.73 Å². The summed E-state index contributed by atoms with van der Waals surface area (Å²) in [6.45, 7) is 2.12. The number of hydrogen-bond donors (Lipinski definition) is 2. The van der Waals surface area contributed by atoms with Gasteiger partial charge in [-0.1, -0.05) is 37.5 Å². The molecule has 1 rings (SSSR count). The molecule has 0 bridgehead atoms.